The highest BCUT2D eigenvalue weighted by atomic mass is 16.6. The number of carbonyl (C=O) groups excluding carboxylic acids is 5. The van der Waals surface area contributed by atoms with Gasteiger partial charge in [0, 0.05) is 51.4 Å². The molecule has 2 bridgehead atoms. The summed E-state index contributed by atoms with van der Waals surface area (Å²) in [4.78, 5) is 72.6. The number of piperidine rings is 1. The van der Waals surface area contributed by atoms with Crippen LogP contribution in [0.25, 0.3) is 0 Å². The fraction of sp³-hybridized carbons (Fsp3) is 0.672. The van der Waals surface area contributed by atoms with Crippen LogP contribution in [0.1, 0.15) is 131 Å². The average Bonchev–Trinajstić information content (AvgIpc) is 3.36. The largest absolute Gasteiger partial charge is 0.460 e. The zero-order chi connectivity index (χ0) is 52.7. The van der Waals surface area contributed by atoms with Gasteiger partial charge in [-0.05, 0) is 119 Å². The first-order chi connectivity index (χ1) is 34.3. The number of carbonyl (C=O) groups is 5. The molecule has 0 radical (unpaired) electrons. The van der Waals surface area contributed by atoms with Gasteiger partial charge in [-0.3, -0.25) is 19.2 Å². The van der Waals surface area contributed by atoms with Gasteiger partial charge in [0.1, 0.15) is 30.1 Å². The maximum Gasteiger partial charge on any atom is 0.329 e. The Morgan fingerprint density at radius 3 is 2.29 bits per heavy atom. The van der Waals surface area contributed by atoms with E-state index >= 15 is 0 Å². The second-order valence-corrected chi connectivity index (χ2v) is 21.5. The highest BCUT2D eigenvalue weighted by molar-refractivity contribution is 6.39. The van der Waals surface area contributed by atoms with Crippen molar-refractivity contribution < 1.29 is 63.0 Å². The van der Waals surface area contributed by atoms with Gasteiger partial charge in [0.15, 0.2) is 5.78 Å². The molecule has 15 atom stereocenters. The predicted octanol–water partition coefficient (Wildman–Crippen LogP) is 7.79. The highest BCUT2D eigenvalue weighted by Gasteiger charge is 2.53. The van der Waals surface area contributed by atoms with Crippen LogP contribution in [0, 0.1) is 35.5 Å². The molecule has 14 heteroatoms. The predicted molar refractivity (Wildman–Crippen MR) is 274 cm³/mol. The number of fused-ring (bicyclic) bond motifs is 3. The van der Waals surface area contributed by atoms with Crippen LogP contribution < -0.4 is 0 Å². The fourth-order valence-corrected chi connectivity index (χ4v) is 11.0. The molecule has 4 aliphatic rings. The van der Waals surface area contributed by atoms with Crippen LogP contribution in [-0.4, -0.2) is 131 Å². The number of esters is 1. The van der Waals surface area contributed by atoms with Crippen LogP contribution in [-0.2, 0) is 54.1 Å². The Kier molecular flexibility index (Phi) is 22.8. The number of methoxy groups -OCH3 is 2. The first-order valence-electron chi connectivity index (χ1n) is 26.6. The molecule has 0 aromatic heterocycles. The number of aliphatic hydroxyl groups is 3. The number of ether oxygens (including phenoxy) is 5. The lowest BCUT2D eigenvalue weighted by Crippen LogP contribution is -2.61. The number of benzene rings is 1. The molecule has 2 saturated heterocycles. The summed E-state index contributed by atoms with van der Waals surface area (Å²) in [5, 5.41) is 34.2. The van der Waals surface area contributed by atoms with Crippen molar-refractivity contribution in [1.29, 1.82) is 0 Å². The molecular weight excluding hydrogens is 919 g/mol. The molecule has 1 aromatic carbocycles. The average molecular weight is 1000 g/mol. The summed E-state index contributed by atoms with van der Waals surface area (Å²) in [6, 6.07) is 8.83. The summed E-state index contributed by atoms with van der Waals surface area (Å²) in [6.07, 6.45) is 11.8. The summed E-state index contributed by atoms with van der Waals surface area (Å²) in [7, 11) is 2.95. The van der Waals surface area contributed by atoms with E-state index in [2.05, 4.69) is 0 Å². The normalized spacial score (nSPS) is 37.6. The minimum absolute atomic E-state index is 0.00296. The molecule has 1 unspecified atom stereocenters. The maximum absolute atomic E-state index is 14.5. The van der Waals surface area contributed by atoms with Crippen molar-refractivity contribution in [2.45, 2.75) is 186 Å². The Hall–Kier alpha value is -4.15. The Labute approximate surface area is 428 Å². The van der Waals surface area contributed by atoms with E-state index in [0.29, 0.717) is 76.4 Å². The molecule has 3 aliphatic heterocycles. The second kappa shape index (κ2) is 27.9. The van der Waals surface area contributed by atoms with Gasteiger partial charge in [-0.1, -0.05) is 101 Å². The Balaban J connectivity index is 1.48. The van der Waals surface area contributed by atoms with Gasteiger partial charge < -0.3 is 43.9 Å². The molecule has 14 nitrogen and oxygen atoms in total. The number of ketones is 3. The summed E-state index contributed by atoms with van der Waals surface area (Å²) in [5.41, 5.74) is 2.39. The van der Waals surface area contributed by atoms with Gasteiger partial charge in [-0.25, -0.2) is 4.79 Å². The molecule has 1 aliphatic carbocycles. The molecule has 3 heterocycles. The standard InChI is InChI=1S/C58H85NO13/c1-36-18-12-10-13-19-37(2)49(70-29-27-43-20-14-11-15-21-43)34-45-25-23-42(7)58(67,72-45)55(64)56(65)59-28-17-16-22-46(59)57(66)71-50(39(4)32-44-24-26-47(60)51(33-44)68-8)35-48(61)38(3)31-41(6)53(63)54(69-9)52(62)40(5)30-36/h10-15,18-21,31,36,38-40,42,44-47,49-51,53-54,60,63,67H,16-17,22-30,32-35H2,1-9H3/b13-10+,18-12+,37-19+,41-31+/t36-,38-,39-,40-,42-,44+,45+,46+,47-,49?,50+,51-,53-,54+,58-/m1/s1. The monoisotopic (exact) mass is 1000 g/mol. The second-order valence-electron chi connectivity index (χ2n) is 21.5. The maximum atomic E-state index is 14.5. The molecule has 3 fully saturated rings. The molecule has 0 spiro atoms. The van der Waals surface area contributed by atoms with E-state index in [-0.39, 0.29) is 54.8 Å². The minimum atomic E-state index is -2.46. The van der Waals surface area contributed by atoms with Gasteiger partial charge in [0.05, 0.1) is 31.0 Å². The summed E-state index contributed by atoms with van der Waals surface area (Å²) >= 11 is 0. The Morgan fingerprint density at radius 1 is 0.847 bits per heavy atom. The SMILES string of the molecule is CO[C@@H]1C[C@H](C[C@@H](C)[C@@H]2CC(=O)[C@H](C)/C=C(\C)[C@@H](O)[C@@H](OC)C(=O)[C@H](C)C[C@H](C)/C=C/C=C/C=C(\C)C(OCCc3ccccc3)C[C@@H]3CC[C@@H](C)[C@@](O)(O3)C(=O)C(=O)N3CCCC[C@H]3C(=O)O2)CC[C@H]1O. The number of allylic oxidation sites excluding steroid dienone is 6. The minimum Gasteiger partial charge on any atom is -0.460 e. The molecule has 400 valence electrons. The van der Waals surface area contributed by atoms with E-state index in [1.807, 2.05) is 88.4 Å². The lowest BCUT2D eigenvalue weighted by atomic mass is 9.78. The number of nitrogens with zero attached hydrogens (tertiary/aromatic N) is 1. The zero-order valence-electron chi connectivity index (χ0n) is 44.4. The van der Waals surface area contributed by atoms with Crippen LogP contribution in [0.15, 0.2) is 77.9 Å². The number of Topliss-reactive ketones (excluding diaryl/α,β-unsaturated/α-hetero) is 3. The topological polar surface area (TPSA) is 195 Å². The van der Waals surface area contributed by atoms with Gasteiger partial charge in [0.2, 0.25) is 5.79 Å². The molecule has 3 N–H and O–H groups in total. The lowest BCUT2D eigenvalue weighted by Gasteiger charge is -2.43. The van der Waals surface area contributed by atoms with E-state index in [1.165, 1.54) is 12.0 Å². The molecule has 1 aromatic rings. The van der Waals surface area contributed by atoms with Crippen LogP contribution in [0.3, 0.4) is 0 Å². The van der Waals surface area contributed by atoms with Crippen LogP contribution in [0.5, 0.6) is 0 Å². The van der Waals surface area contributed by atoms with Gasteiger partial charge in [-0.2, -0.15) is 0 Å². The molecule has 1 saturated carbocycles. The van der Waals surface area contributed by atoms with Crippen LogP contribution in [0.2, 0.25) is 0 Å². The Bertz CT molecular complexity index is 2080. The number of rotatable bonds is 9. The molecular formula is C58H85NO13. The summed E-state index contributed by atoms with van der Waals surface area (Å²) < 4.78 is 30.3. The van der Waals surface area contributed by atoms with Crippen LogP contribution in [0.4, 0.5) is 0 Å². The van der Waals surface area contributed by atoms with Crippen molar-refractivity contribution in [2.75, 3.05) is 27.4 Å². The van der Waals surface area contributed by atoms with E-state index in [0.717, 1.165) is 17.6 Å². The molecule has 5 rings (SSSR count). The number of amides is 1. The molecule has 72 heavy (non-hydrogen) atoms. The van der Waals surface area contributed by atoms with E-state index < -0.39 is 83.9 Å². The zero-order valence-corrected chi connectivity index (χ0v) is 44.4. The van der Waals surface area contributed by atoms with Gasteiger partial charge >= 0.3 is 5.97 Å². The highest BCUT2D eigenvalue weighted by Crippen LogP contribution is 2.38. The molecule has 1 amide bonds. The van der Waals surface area contributed by atoms with E-state index in [4.69, 9.17) is 23.7 Å². The van der Waals surface area contributed by atoms with E-state index in [9.17, 15) is 39.3 Å². The van der Waals surface area contributed by atoms with Crippen molar-refractivity contribution >= 4 is 29.2 Å². The fourth-order valence-electron chi connectivity index (χ4n) is 11.0. The summed E-state index contributed by atoms with van der Waals surface area (Å²) in [6.45, 7) is 13.2. The number of aliphatic hydroxyl groups excluding tert-OH is 2. The smallest absolute Gasteiger partial charge is 0.329 e. The van der Waals surface area contributed by atoms with Crippen molar-refractivity contribution in [2.24, 2.45) is 35.5 Å². The number of cyclic esters (lactones) is 1. The van der Waals surface area contributed by atoms with Crippen molar-refractivity contribution in [3.63, 3.8) is 0 Å². The van der Waals surface area contributed by atoms with Crippen molar-refractivity contribution in [3.05, 3.63) is 83.5 Å². The third-order valence-electron chi connectivity index (χ3n) is 15.7. The Morgan fingerprint density at radius 2 is 1.58 bits per heavy atom. The van der Waals surface area contributed by atoms with Crippen LogP contribution >= 0.6 is 0 Å². The number of hydrogen-bond acceptors (Lipinski definition) is 13. The third-order valence-corrected chi connectivity index (χ3v) is 15.7. The number of hydrogen-bond donors (Lipinski definition) is 3. The van der Waals surface area contributed by atoms with Crippen molar-refractivity contribution in [1.82, 2.24) is 4.90 Å². The van der Waals surface area contributed by atoms with Crippen molar-refractivity contribution in [3.8, 4) is 0 Å². The third kappa shape index (κ3) is 15.9. The quantitative estimate of drug-likeness (QED) is 0.123. The van der Waals surface area contributed by atoms with Gasteiger partial charge in [-0.15, -0.1) is 0 Å². The first-order valence-corrected chi connectivity index (χ1v) is 26.6. The lowest BCUT2D eigenvalue weighted by molar-refractivity contribution is -0.266. The summed E-state index contributed by atoms with van der Waals surface area (Å²) in [5.74, 6) is -8.08. The first kappa shape index (κ1) is 58.7. The van der Waals surface area contributed by atoms with Gasteiger partial charge in [0.25, 0.3) is 11.7 Å². The van der Waals surface area contributed by atoms with E-state index in [1.54, 1.807) is 34.0 Å².